The van der Waals surface area contributed by atoms with Gasteiger partial charge in [0, 0.05) is 18.0 Å². The number of aromatic nitrogens is 2. The van der Waals surface area contributed by atoms with Gasteiger partial charge in [-0.2, -0.15) is 0 Å². The van der Waals surface area contributed by atoms with Gasteiger partial charge in [0.1, 0.15) is 13.2 Å². The van der Waals surface area contributed by atoms with Gasteiger partial charge in [-0.25, -0.2) is 0 Å². The monoisotopic (exact) mass is 341 g/mol. The van der Waals surface area contributed by atoms with Crippen molar-refractivity contribution in [1.29, 1.82) is 0 Å². The fourth-order valence-electron chi connectivity index (χ4n) is 2.61. The summed E-state index contributed by atoms with van der Waals surface area (Å²) in [6, 6.07) is 3.38. The van der Waals surface area contributed by atoms with Crippen LogP contribution in [0.2, 0.25) is 0 Å². The van der Waals surface area contributed by atoms with Crippen LogP contribution in [0.4, 0.5) is 0 Å². The highest BCUT2D eigenvalue weighted by Crippen LogP contribution is 2.16. The number of benzene rings is 1. The Hall–Kier alpha value is -2.78. The fraction of sp³-hybridized carbons (Fsp3) is 0.250. The first kappa shape index (κ1) is 17.1. The van der Waals surface area contributed by atoms with Gasteiger partial charge in [-0.3, -0.25) is 19.6 Å². The van der Waals surface area contributed by atoms with Crippen LogP contribution in [-0.2, 0) is 27.4 Å². The summed E-state index contributed by atoms with van der Waals surface area (Å²) in [5.74, 6) is -1.00. The van der Waals surface area contributed by atoms with Gasteiger partial charge in [-0.05, 0) is 29.6 Å². The minimum absolute atomic E-state index is 0.00997. The van der Waals surface area contributed by atoms with E-state index in [0.717, 1.165) is 5.56 Å². The Kier molecular flexibility index (Phi) is 5.06. The molecular weight excluding hydrogens is 325 g/mol. The second kappa shape index (κ2) is 7.41. The molecule has 3 rings (SSSR count). The van der Waals surface area contributed by atoms with Crippen molar-refractivity contribution < 1.29 is 24.0 Å². The number of rotatable bonds is 5. The lowest BCUT2D eigenvalue weighted by atomic mass is 9.75. The molecule has 9 heteroatoms. The van der Waals surface area contributed by atoms with Crippen LogP contribution in [0, 0.1) is 6.92 Å². The van der Waals surface area contributed by atoms with Gasteiger partial charge in [0.25, 0.3) is 5.91 Å². The normalized spacial score (nSPS) is 12.6. The van der Waals surface area contributed by atoms with E-state index in [-0.39, 0.29) is 13.2 Å². The molecule has 0 saturated heterocycles. The highest BCUT2D eigenvalue weighted by Gasteiger charge is 2.31. The van der Waals surface area contributed by atoms with Gasteiger partial charge < -0.3 is 19.7 Å². The van der Waals surface area contributed by atoms with E-state index in [1.165, 1.54) is 18.6 Å². The van der Waals surface area contributed by atoms with E-state index < -0.39 is 19.0 Å². The number of amides is 1. The zero-order valence-electron chi connectivity index (χ0n) is 13.6. The Balaban J connectivity index is 1.56. The standard InChI is InChI=1S/C16H16BN3O5/c1-10-13(3-2-11-8-25-17(23)15(10)11)16(22)20-7-14(21)24-9-12-6-18-4-5-19-12/h2-6,23H,7-9H2,1H3,(H,20,22). The van der Waals surface area contributed by atoms with Gasteiger partial charge in [-0.1, -0.05) is 6.07 Å². The molecule has 0 spiro atoms. The Morgan fingerprint density at radius 1 is 1.40 bits per heavy atom. The molecule has 2 aromatic rings. The third-order valence-electron chi connectivity index (χ3n) is 3.88. The largest absolute Gasteiger partial charge is 0.492 e. The third kappa shape index (κ3) is 3.84. The van der Waals surface area contributed by atoms with E-state index in [0.29, 0.717) is 28.9 Å². The topological polar surface area (TPSA) is 111 Å². The molecule has 0 radical (unpaired) electrons. The molecule has 0 aliphatic carbocycles. The Morgan fingerprint density at radius 2 is 2.24 bits per heavy atom. The molecule has 25 heavy (non-hydrogen) atoms. The van der Waals surface area contributed by atoms with Crippen LogP contribution >= 0.6 is 0 Å². The van der Waals surface area contributed by atoms with Crippen LogP contribution in [0.1, 0.15) is 27.2 Å². The number of nitrogens with one attached hydrogen (secondary N) is 1. The first-order valence-electron chi connectivity index (χ1n) is 7.67. The van der Waals surface area contributed by atoms with Gasteiger partial charge in [-0.15, -0.1) is 0 Å². The second-order valence-electron chi connectivity index (χ2n) is 5.51. The first-order chi connectivity index (χ1) is 12.1. The fourth-order valence-corrected chi connectivity index (χ4v) is 2.61. The summed E-state index contributed by atoms with van der Waals surface area (Å²) in [7, 11) is -1.03. The van der Waals surface area contributed by atoms with E-state index in [2.05, 4.69) is 15.3 Å². The van der Waals surface area contributed by atoms with E-state index in [9.17, 15) is 14.6 Å². The van der Waals surface area contributed by atoms with Crippen LogP contribution < -0.4 is 10.8 Å². The number of carbonyl (C=O) groups excluding carboxylic acids is 2. The molecule has 2 heterocycles. The van der Waals surface area contributed by atoms with Gasteiger partial charge in [0.05, 0.1) is 18.5 Å². The van der Waals surface area contributed by atoms with Crippen LogP contribution in [0.15, 0.2) is 30.7 Å². The molecule has 0 unspecified atom stereocenters. The van der Waals surface area contributed by atoms with Crippen LogP contribution in [0.3, 0.4) is 0 Å². The van der Waals surface area contributed by atoms with E-state index in [1.807, 2.05) is 0 Å². The Morgan fingerprint density at radius 3 is 3.00 bits per heavy atom. The number of hydrogen-bond donors (Lipinski definition) is 2. The number of carbonyl (C=O) groups is 2. The minimum atomic E-state index is -1.03. The smallest absolute Gasteiger partial charge is 0.458 e. The molecule has 8 nitrogen and oxygen atoms in total. The molecule has 0 fully saturated rings. The summed E-state index contributed by atoms with van der Waals surface area (Å²) in [6.07, 6.45) is 4.51. The van der Waals surface area contributed by atoms with E-state index in [4.69, 9.17) is 9.39 Å². The summed E-state index contributed by atoms with van der Waals surface area (Å²) in [5.41, 5.74) is 2.99. The van der Waals surface area contributed by atoms with Crippen molar-refractivity contribution in [3.63, 3.8) is 0 Å². The molecule has 128 valence electrons. The predicted octanol–water partition coefficient (Wildman–Crippen LogP) is -0.524. The maximum atomic E-state index is 12.3. The maximum absolute atomic E-state index is 12.3. The molecule has 1 aliphatic heterocycles. The molecule has 0 atom stereocenters. The van der Waals surface area contributed by atoms with Crippen molar-refractivity contribution >= 4 is 24.5 Å². The van der Waals surface area contributed by atoms with Crippen molar-refractivity contribution in [3.05, 3.63) is 53.1 Å². The lowest BCUT2D eigenvalue weighted by molar-refractivity contribution is -0.143. The van der Waals surface area contributed by atoms with Crippen LogP contribution in [0.5, 0.6) is 0 Å². The van der Waals surface area contributed by atoms with Gasteiger partial charge in [0.15, 0.2) is 0 Å². The molecule has 0 saturated carbocycles. The van der Waals surface area contributed by atoms with Gasteiger partial charge in [0.2, 0.25) is 0 Å². The van der Waals surface area contributed by atoms with Gasteiger partial charge >= 0.3 is 13.1 Å². The van der Waals surface area contributed by atoms with Crippen molar-refractivity contribution in [2.45, 2.75) is 20.1 Å². The molecule has 2 N–H and O–H groups in total. The summed E-state index contributed by atoms with van der Waals surface area (Å²) in [5, 5.41) is 12.3. The molecule has 1 aromatic heterocycles. The predicted molar refractivity (Wildman–Crippen MR) is 87.7 cm³/mol. The maximum Gasteiger partial charge on any atom is 0.492 e. The van der Waals surface area contributed by atoms with Crippen molar-refractivity contribution in [2.24, 2.45) is 0 Å². The number of nitrogens with zero attached hydrogens (tertiary/aromatic N) is 2. The highest BCUT2D eigenvalue weighted by atomic mass is 16.5. The van der Waals surface area contributed by atoms with Crippen LogP contribution in [0.25, 0.3) is 0 Å². The quantitative estimate of drug-likeness (QED) is 0.556. The minimum Gasteiger partial charge on any atom is -0.458 e. The summed E-state index contributed by atoms with van der Waals surface area (Å²) in [4.78, 5) is 31.9. The summed E-state index contributed by atoms with van der Waals surface area (Å²) >= 11 is 0. The summed E-state index contributed by atoms with van der Waals surface area (Å²) < 4.78 is 10.2. The molecule has 0 bridgehead atoms. The lowest BCUT2D eigenvalue weighted by Gasteiger charge is -2.11. The van der Waals surface area contributed by atoms with E-state index >= 15 is 0 Å². The summed E-state index contributed by atoms with van der Waals surface area (Å²) in [6.45, 7) is 1.77. The average Bonchev–Trinajstić information content (AvgIpc) is 3.01. The van der Waals surface area contributed by atoms with Crippen LogP contribution in [-0.4, -0.2) is 40.5 Å². The number of hydrogen-bond acceptors (Lipinski definition) is 7. The number of ether oxygens (including phenoxy) is 1. The van der Waals surface area contributed by atoms with Crippen molar-refractivity contribution in [2.75, 3.05) is 6.54 Å². The molecule has 1 amide bonds. The van der Waals surface area contributed by atoms with Crippen molar-refractivity contribution in [3.8, 4) is 0 Å². The highest BCUT2D eigenvalue weighted by molar-refractivity contribution is 6.62. The second-order valence-corrected chi connectivity index (χ2v) is 5.51. The number of fused-ring (bicyclic) bond motifs is 1. The average molecular weight is 341 g/mol. The number of esters is 1. The zero-order valence-corrected chi connectivity index (χ0v) is 13.6. The SMILES string of the molecule is Cc1c(C(=O)NCC(=O)OCc2cnccn2)ccc2c1B(O)OC2. The van der Waals surface area contributed by atoms with Crippen molar-refractivity contribution in [1.82, 2.24) is 15.3 Å². The molecular formula is C16H16BN3O5. The Labute approximate surface area is 144 Å². The molecule has 1 aromatic carbocycles. The third-order valence-corrected chi connectivity index (χ3v) is 3.88. The first-order valence-corrected chi connectivity index (χ1v) is 7.67. The Bertz CT molecular complexity index is 800. The zero-order chi connectivity index (χ0) is 17.8. The van der Waals surface area contributed by atoms with E-state index in [1.54, 1.807) is 19.1 Å². The molecule has 1 aliphatic rings. The lowest BCUT2D eigenvalue weighted by Crippen LogP contribution is -2.35.